The van der Waals surface area contributed by atoms with E-state index < -0.39 is 0 Å². The first-order valence-electron chi connectivity index (χ1n) is 5.93. The van der Waals surface area contributed by atoms with Gasteiger partial charge in [0.15, 0.2) is 0 Å². The van der Waals surface area contributed by atoms with Crippen LogP contribution >= 0.6 is 0 Å². The number of hydrogen-bond acceptors (Lipinski definition) is 4. The molecule has 2 rings (SSSR count). The number of aromatic amines is 1. The molecule has 0 aliphatic carbocycles. The minimum absolute atomic E-state index is 0.151. The molecule has 6 heteroatoms. The van der Waals surface area contributed by atoms with E-state index >= 15 is 0 Å². The molecule has 0 aromatic carbocycles. The van der Waals surface area contributed by atoms with Gasteiger partial charge in [0.1, 0.15) is 5.82 Å². The Bertz CT molecular complexity index is 385. The average Bonchev–Trinajstić information content (AvgIpc) is 2.76. The number of nitrogens with zero attached hydrogens (tertiary/aromatic N) is 3. The summed E-state index contributed by atoms with van der Waals surface area (Å²) in [6, 6.07) is 0. The number of nitrogens with one attached hydrogen (secondary N) is 1. The highest BCUT2D eigenvalue weighted by atomic mass is 16.5. The van der Waals surface area contributed by atoms with Crippen LogP contribution in [-0.4, -0.2) is 52.3 Å². The predicted molar refractivity (Wildman–Crippen MR) is 61.7 cm³/mol. The molecule has 1 saturated heterocycles. The van der Waals surface area contributed by atoms with E-state index in [2.05, 4.69) is 15.2 Å². The van der Waals surface area contributed by atoms with Gasteiger partial charge in [-0.2, -0.15) is 0 Å². The Hall–Kier alpha value is -1.43. The molecular formula is C11H18N4O2. The quantitative estimate of drug-likeness (QED) is 0.843. The molecule has 1 N–H and O–H groups in total. The molecule has 1 unspecified atom stereocenters. The first kappa shape index (κ1) is 12.0. The minimum atomic E-state index is -0.163. The second-order valence-electron chi connectivity index (χ2n) is 4.42. The predicted octanol–water partition coefficient (Wildman–Crippen LogP) is 0.754. The van der Waals surface area contributed by atoms with Gasteiger partial charge in [-0.25, -0.2) is 4.98 Å². The van der Waals surface area contributed by atoms with Gasteiger partial charge < -0.3 is 9.64 Å². The third-order valence-corrected chi connectivity index (χ3v) is 2.89. The van der Waals surface area contributed by atoms with E-state index in [1.54, 1.807) is 18.9 Å². The number of amides is 1. The second kappa shape index (κ2) is 5.27. The molecule has 1 aromatic rings. The SMILES string of the molecule is Cc1nc(C(=O)N(C)CC2CCCCO2)n[nH]1. The Balaban J connectivity index is 1.90. The molecule has 17 heavy (non-hydrogen) atoms. The molecule has 2 heterocycles. The smallest absolute Gasteiger partial charge is 0.293 e. The summed E-state index contributed by atoms with van der Waals surface area (Å²) in [6.07, 6.45) is 3.46. The van der Waals surface area contributed by atoms with Gasteiger partial charge in [-0.05, 0) is 26.2 Å². The van der Waals surface area contributed by atoms with Crippen molar-refractivity contribution >= 4 is 5.91 Å². The van der Waals surface area contributed by atoms with Crippen LogP contribution in [-0.2, 0) is 4.74 Å². The van der Waals surface area contributed by atoms with E-state index in [1.807, 2.05) is 0 Å². The third-order valence-electron chi connectivity index (χ3n) is 2.89. The summed E-state index contributed by atoms with van der Waals surface area (Å²) in [6.45, 7) is 3.17. The Morgan fingerprint density at radius 1 is 1.59 bits per heavy atom. The minimum Gasteiger partial charge on any atom is -0.376 e. The van der Waals surface area contributed by atoms with Gasteiger partial charge in [-0.3, -0.25) is 9.89 Å². The number of aryl methyl sites for hydroxylation is 1. The molecule has 1 amide bonds. The number of ether oxygens (including phenoxy) is 1. The Morgan fingerprint density at radius 2 is 2.41 bits per heavy atom. The third kappa shape index (κ3) is 3.03. The highest BCUT2D eigenvalue weighted by molar-refractivity contribution is 5.90. The van der Waals surface area contributed by atoms with E-state index in [0.29, 0.717) is 12.4 Å². The number of hydrogen-bond donors (Lipinski definition) is 1. The molecule has 6 nitrogen and oxygen atoms in total. The van der Waals surface area contributed by atoms with Crippen molar-refractivity contribution in [3.63, 3.8) is 0 Å². The molecule has 1 fully saturated rings. The van der Waals surface area contributed by atoms with Crippen LogP contribution in [0.1, 0.15) is 35.7 Å². The lowest BCUT2D eigenvalue weighted by molar-refractivity contribution is -0.000395. The van der Waals surface area contributed by atoms with E-state index in [1.165, 1.54) is 6.42 Å². The lowest BCUT2D eigenvalue weighted by Crippen LogP contribution is -2.37. The number of likely N-dealkylation sites (N-methyl/N-ethyl adjacent to an activating group) is 1. The summed E-state index contributed by atoms with van der Waals surface area (Å²) >= 11 is 0. The Labute approximate surface area is 100 Å². The molecule has 1 atom stereocenters. The van der Waals surface area contributed by atoms with Crippen LogP contribution in [0.3, 0.4) is 0 Å². The number of carbonyl (C=O) groups excluding carboxylic acids is 1. The number of carbonyl (C=O) groups is 1. The zero-order chi connectivity index (χ0) is 12.3. The lowest BCUT2D eigenvalue weighted by atomic mass is 10.1. The molecule has 0 bridgehead atoms. The standard InChI is InChI=1S/C11H18N4O2/c1-8-12-10(14-13-8)11(16)15(2)7-9-5-3-4-6-17-9/h9H,3-7H2,1-2H3,(H,12,13,14). The van der Waals surface area contributed by atoms with Crippen LogP contribution in [0.2, 0.25) is 0 Å². The summed E-state index contributed by atoms with van der Waals surface area (Å²) in [7, 11) is 1.76. The van der Waals surface area contributed by atoms with Gasteiger partial charge in [0.25, 0.3) is 5.91 Å². The van der Waals surface area contributed by atoms with Crippen LogP contribution in [0.5, 0.6) is 0 Å². The van der Waals surface area contributed by atoms with Crippen molar-refractivity contribution in [3.8, 4) is 0 Å². The van der Waals surface area contributed by atoms with Crippen molar-refractivity contribution < 1.29 is 9.53 Å². The number of aromatic nitrogens is 3. The largest absolute Gasteiger partial charge is 0.376 e. The highest BCUT2D eigenvalue weighted by Gasteiger charge is 2.21. The van der Waals surface area contributed by atoms with Gasteiger partial charge in [-0.1, -0.05) is 0 Å². The second-order valence-corrected chi connectivity index (χ2v) is 4.42. The first-order valence-corrected chi connectivity index (χ1v) is 5.93. The highest BCUT2D eigenvalue weighted by Crippen LogP contribution is 2.13. The van der Waals surface area contributed by atoms with Crippen molar-refractivity contribution in [2.24, 2.45) is 0 Å². The van der Waals surface area contributed by atoms with Crippen LogP contribution in [0.25, 0.3) is 0 Å². The molecule has 0 saturated carbocycles. The molecule has 1 aliphatic rings. The summed E-state index contributed by atoms with van der Waals surface area (Å²) in [4.78, 5) is 17.6. The zero-order valence-electron chi connectivity index (χ0n) is 10.3. The maximum absolute atomic E-state index is 12.0. The number of H-pyrrole nitrogens is 1. The summed E-state index contributed by atoms with van der Waals surface area (Å²) in [5.74, 6) is 0.708. The normalized spacial score (nSPS) is 20.2. The molecule has 1 aromatic heterocycles. The fourth-order valence-corrected chi connectivity index (χ4v) is 1.95. The van der Waals surface area contributed by atoms with E-state index in [4.69, 9.17) is 4.74 Å². The van der Waals surface area contributed by atoms with E-state index in [0.717, 1.165) is 19.4 Å². The lowest BCUT2D eigenvalue weighted by Gasteiger charge is -2.26. The van der Waals surface area contributed by atoms with Gasteiger partial charge in [0.05, 0.1) is 6.10 Å². The number of rotatable bonds is 3. The van der Waals surface area contributed by atoms with Crippen LogP contribution in [0, 0.1) is 6.92 Å². The van der Waals surface area contributed by atoms with Gasteiger partial charge in [0, 0.05) is 20.2 Å². The van der Waals surface area contributed by atoms with Crippen molar-refractivity contribution in [2.75, 3.05) is 20.2 Å². The van der Waals surface area contributed by atoms with Crippen LogP contribution in [0.4, 0.5) is 0 Å². The van der Waals surface area contributed by atoms with Crippen molar-refractivity contribution in [1.29, 1.82) is 0 Å². The van der Waals surface area contributed by atoms with Crippen LogP contribution in [0.15, 0.2) is 0 Å². The van der Waals surface area contributed by atoms with Gasteiger partial charge in [0.2, 0.25) is 5.82 Å². The first-order chi connectivity index (χ1) is 8.16. The van der Waals surface area contributed by atoms with E-state index in [9.17, 15) is 4.79 Å². The topological polar surface area (TPSA) is 71.1 Å². The molecule has 1 aliphatic heterocycles. The molecule has 0 radical (unpaired) electrons. The summed E-state index contributed by atoms with van der Waals surface area (Å²) in [5, 5.41) is 6.53. The van der Waals surface area contributed by atoms with Gasteiger partial charge >= 0.3 is 0 Å². The van der Waals surface area contributed by atoms with E-state index in [-0.39, 0.29) is 17.8 Å². The molecule has 94 valence electrons. The van der Waals surface area contributed by atoms with Crippen LogP contribution < -0.4 is 0 Å². The fraction of sp³-hybridized carbons (Fsp3) is 0.727. The van der Waals surface area contributed by atoms with Gasteiger partial charge in [-0.15, -0.1) is 5.10 Å². The average molecular weight is 238 g/mol. The maximum atomic E-state index is 12.0. The zero-order valence-corrected chi connectivity index (χ0v) is 10.3. The monoisotopic (exact) mass is 238 g/mol. The maximum Gasteiger partial charge on any atom is 0.293 e. The Kier molecular flexibility index (Phi) is 3.73. The Morgan fingerprint density at radius 3 is 3.00 bits per heavy atom. The van der Waals surface area contributed by atoms with Crippen molar-refractivity contribution in [2.45, 2.75) is 32.3 Å². The summed E-state index contributed by atoms with van der Waals surface area (Å²) in [5.41, 5.74) is 0. The molecular weight excluding hydrogens is 220 g/mol. The van der Waals surface area contributed by atoms with Crippen molar-refractivity contribution in [1.82, 2.24) is 20.1 Å². The fourth-order valence-electron chi connectivity index (χ4n) is 1.95. The molecule has 0 spiro atoms. The summed E-state index contributed by atoms with van der Waals surface area (Å²) < 4.78 is 5.60. The van der Waals surface area contributed by atoms with Crippen molar-refractivity contribution in [3.05, 3.63) is 11.6 Å².